The van der Waals surface area contributed by atoms with Crippen LogP contribution < -0.4 is 0 Å². The van der Waals surface area contributed by atoms with Gasteiger partial charge in [-0.1, -0.05) is 50.1 Å². The quantitative estimate of drug-likeness (QED) is 0.716. The molecule has 0 aliphatic carbocycles. The van der Waals surface area contributed by atoms with E-state index < -0.39 is 0 Å². The first-order chi connectivity index (χ1) is 8.40. The van der Waals surface area contributed by atoms with E-state index in [-0.39, 0.29) is 0 Å². The van der Waals surface area contributed by atoms with Crippen LogP contribution in [0.15, 0.2) is 30.3 Å². The van der Waals surface area contributed by atoms with E-state index in [4.69, 9.17) is 0 Å². The number of unbranched alkanes of at least 4 members (excludes halogenated alkanes) is 2. The van der Waals surface area contributed by atoms with Gasteiger partial charge in [0.2, 0.25) is 0 Å². The van der Waals surface area contributed by atoms with Crippen molar-refractivity contribution < 1.29 is 0 Å². The van der Waals surface area contributed by atoms with E-state index in [1.165, 1.54) is 18.4 Å². The molecule has 1 heterocycles. The van der Waals surface area contributed by atoms with Gasteiger partial charge < -0.3 is 0 Å². The summed E-state index contributed by atoms with van der Waals surface area (Å²) in [6.07, 6.45) is 4.58. The van der Waals surface area contributed by atoms with E-state index in [0.29, 0.717) is 0 Å². The summed E-state index contributed by atoms with van der Waals surface area (Å²) in [6, 6.07) is 10.3. The molecule has 0 aliphatic rings. The van der Waals surface area contributed by atoms with Gasteiger partial charge >= 0.3 is 0 Å². The van der Waals surface area contributed by atoms with Gasteiger partial charge in [-0.05, 0) is 22.4 Å². The van der Waals surface area contributed by atoms with Crippen molar-refractivity contribution in [2.75, 3.05) is 0 Å². The third-order valence-corrected chi connectivity index (χ3v) is 2.79. The normalized spacial score (nSPS) is 10.6. The Morgan fingerprint density at radius 2 is 1.94 bits per heavy atom. The molecule has 0 amide bonds. The SMILES string of the molecule is CCCCCc1nnnn1Cc1ccccc1. The van der Waals surface area contributed by atoms with Crippen molar-refractivity contribution in [3.63, 3.8) is 0 Å². The van der Waals surface area contributed by atoms with Crippen molar-refractivity contribution in [2.24, 2.45) is 0 Å². The summed E-state index contributed by atoms with van der Waals surface area (Å²) in [5, 5.41) is 11.9. The Morgan fingerprint density at radius 3 is 2.71 bits per heavy atom. The van der Waals surface area contributed by atoms with E-state index in [0.717, 1.165) is 25.2 Å². The summed E-state index contributed by atoms with van der Waals surface area (Å²) in [6.45, 7) is 2.96. The number of hydrogen-bond acceptors (Lipinski definition) is 3. The maximum Gasteiger partial charge on any atom is 0.151 e. The summed E-state index contributed by atoms with van der Waals surface area (Å²) >= 11 is 0. The summed E-state index contributed by atoms with van der Waals surface area (Å²) in [5.41, 5.74) is 1.23. The predicted octanol–water partition coefficient (Wildman–Crippen LogP) is 2.45. The number of benzene rings is 1. The Balaban J connectivity index is 1.99. The zero-order valence-electron chi connectivity index (χ0n) is 10.2. The number of aryl methyl sites for hydroxylation is 1. The Labute approximate surface area is 102 Å². The number of tetrazole rings is 1. The van der Waals surface area contributed by atoms with E-state index in [1.807, 2.05) is 22.9 Å². The molecule has 0 atom stereocenters. The van der Waals surface area contributed by atoms with Crippen molar-refractivity contribution in [1.82, 2.24) is 20.2 Å². The molecule has 0 bridgehead atoms. The van der Waals surface area contributed by atoms with Gasteiger partial charge in [-0.2, -0.15) is 0 Å². The monoisotopic (exact) mass is 230 g/mol. The fraction of sp³-hybridized carbons (Fsp3) is 0.462. The van der Waals surface area contributed by atoms with Crippen LogP contribution in [0.4, 0.5) is 0 Å². The summed E-state index contributed by atoms with van der Waals surface area (Å²) < 4.78 is 1.89. The molecule has 0 aliphatic heterocycles. The third-order valence-electron chi connectivity index (χ3n) is 2.79. The molecule has 4 nitrogen and oxygen atoms in total. The average molecular weight is 230 g/mol. The molecular formula is C13H18N4. The van der Waals surface area contributed by atoms with Gasteiger partial charge in [0.1, 0.15) is 0 Å². The van der Waals surface area contributed by atoms with Gasteiger partial charge in [0.15, 0.2) is 5.82 Å². The second kappa shape index (κ2) is 6.13. The largest absolute Gasteiger partial charge is 0.225 e. The first kappa shape index (κ1) is 11.8. The van der Waals surface area contributed by atoms with Crippen LogP contribution in [0.2, 0.25) is 0 Å². The van der Waals surface area contributed by atoms with Crippen molar-refractivity contribution in [2.45, 2.75) is 39.2 Å². The second-order valence-corrected chi connectivity index (χ2v) is 4.20. The topological polar surface area (TPSA) is 43.6 Å². The fourth-order valence-corrected chi connectivity index (χ4v) is 1.81. The maximum atomic E-state index is 4.09. The zero-order chi connectivity index (χ0) is 11.9. The summed E-state index contributed by atoms with van der Waals surface area (Å²) in [7, 11) is 0. The molecule has 0 unspecified atom stereocenters. The molecule has 1 aromatic heterocycles. The second-order valence-electron chi connectivity index (χ2n) is 4.20. The highest BCUT2D eigenvalue weighted by atomic mass is 15.5. The fourth-order valence-electron chi connectivity index (χ4n) is 1.81. The summed E-state index contributed by atoms with van der Waals surface area (Å²) in [4.78, 5) is 0. The van der Waals surface area contributed by atoms with Crippen molar-refractivity contribution in [1.29, 1.82) is 0 Å². The van der Waals surface area contributed by atoms with Crippen LogP contribution in [-0.2, 0) is 13.0 Å². The Bertz CT molecular complexity index is 436. The Hall–Kier alpha value is -1.71. The molecule has 0 saturated carbocycles. The molecule has 2 rings (SSSR count). The molecule has 2 aromatic rings. The predicted molar refractivity (Wildman–Crippen MR) is 66.6 cm³/mol. The minimum atomic E-state index is 0.759. The maximum absolute atomic E-state index is 4.09. The first-order valence-corrected chi connectivity index (χ1v) is 6.19. The molecule has 0 radical (unpaired) electrons. The molecule has 0 spiro atoms. The van der Waals surface area contributed by atoms with E-state index in [9.17, 15) is 0 Å². The van der Waals surface area contributed by atoms with E-state index in [1.54, 1.807) is 0 Å². The molecule has 0 N–H and O–H groups in total. The van der Waals surface area contributed by atoms with E-state index in [2.05, 4.69) is 34.6 Å². The summed E-state index contributed by atoms with van der Waals surface area (Å²) in [5.74, 6) is 0.988. The lowest BCUT2D eigenvalue weighted by Crippen LogP contribution is -2.07. The highest BCUT2D eigenvalue weighted by molar-refractivity contribution is 5.14. The van der Waals surface area contributed by atoms with Crippen LogP contribution in [0.5, 0.6) is 0 Å². The van der Waals surface area contributed by atoms with Gasteiger partial charge in [0.25, 0.3) is 0 Å². The molecule has 17 heavy (non-hydrogen) atoms. The Kier molecular flexibility index (Phi) is 4.24. The lowest BCUT2D eigenvalue weighted by molar-refractivity contribution is 0.597. The Morgan fingerprint density at radius 1 is 1.12 bits per heavy atom. The zero-order valence-corrected chi connectivity index (χ0v) is 10.2. The molecule has 90 valence electrons. The molecular weight excluding hydrogens is 212 g/mol. The molecule has 1 aromatic carbocycles. The molecule has 0 fully saturated rings. The van der Waals surface area contributed by atoms with E-state index >= 15 is 0 Å². The average Bonchev–Trinajstić information content (AvgIpc) is 2.79. The van der Waals surface area contributed by atoms with Gasteiger partial charge in [-0.25, -0.2) is 4.68 Å². The van der Waals surface area contributed by atoms with Crippen molar-refractivity contribution in [3.8, 4) is 0 Å². The third kappa shape index (κ3) is 3.37. The van der Waals surface area contributed by atoms with Crippen LogP contribution in [0.1, 0.15) is 37.6 Å². The number of rotatable bonds is 6. The lowest BCUT2D eigenvalue weighted by atomic mass is 10.2. The highest BCUT2D eigenvalue weighted by Crippen LogP contribution is 2.06. The van der Waals surface area contributed by atoms with Crippen LogP contribution >= 0.6 is 0 Å². The standard InChI is InChI=1S/C13H18N4/c1-2-3-5-10-13-14-15-16-17(13)11-12-8-6-4-7-9-12/h4,6-9H,2-3,5,10-11H2,1H3. The van der Waals surface area contributed by atoms with Crippen LogP contribution in [0, 0.1) is 0 Å². The minimum Gasteiger partial charge on any atom is -0.225 e. The van der Waals surface area contributed by atoms with Crippen LogP contribution in [0.3, 0.4) is 0 Å². The van der Waals surface area contributed by atoms with Gasteiger partial charge in [-0.15, -0.1) is 5.10 Å². The molecule has 4 heteroatoms. The van der Waals surface area contributed by atoms with Crippen molar-refractivity contribution in [3.05, 3.63) is 41.7 Å². The van der Waals surface area contributed by atoms with Gasteiger partial charge in [0.05, 0.1) is 6.54 Å². The lowest BCUT2D eigenvalue weighted by Gasteiger charge is -2.04. The van der Waals surface area contributed by atoms with Crippen LogP contribution in [0.25, 0.3) is 0 Å². The van der Waals surface area contributed by atoms with Gasteiger partial charge in [0, 0.05) is 6.42 Å². The smallest absolute Gasteiger partial charge is 0.151 e. The number of nitrogens with zero attached hydrogens (tertiary/aromatic N) is 4. The number of hydrogen-bond donors (Lipinski definition) is 0. The first-order valence-electron chi connectivity index (χ1n) is 6.19. The van der Waals surface area contributed by atoms with Gasteiger partial charge in [-0.3, -0.25) is 0 Å². The van der Waals surface area contributed by atoms with Crippen LogP contribution in [-0.4, -0.2) is 20.2 Å². The number of aromatic nitrogens is 4. The highest BCUT2D eigenvalue weighted by Gasteiger charge is 2.05. The minimum absolute atomic E-state index is 0.759. The molecule has 0 saturated heterocycles. The van der Waals surface area contributed by atoms with Crippen molar-refractivity contribution >= 4 is 0 Å².